The summed E-state index contributed by atoms with van der Waals surface area (Å²) in [7, 11) is 3.00. The molecule has 0 saturated heterocycles. The molecule has 1 aliphatic carbocycles. The summed E-state index contributed by atoms with van der Waals surface area (Å²) in [5, 5.41) is 9.99. The van der Waals surface area contributed by atoms with Crippen molar-refractivity contribution in [2.24, 2.45) is 5.73 Å². The Morgan fingerprint density at radius 2 is 1.77 bits per heavy atom. The molecule has 2 heterocycles. The topological polar surface area (TPSA) is 123 Å². The average Bonchev–Trinajstić information content (AvgIpc) is 2.99. The summed E-state index contributed by atoms with van der Waals surface area (Å²) in [6, 6.07) is 13.1. The van der Waals surface area contributed by atoms with Crippen molar-refractivity contribution in [2.45, 2.75) is 5.41 Å². The van der Waals surface area contributed by atoms with Crippen LogP contribution < -0.4 is 15.4 Å². The molecule has 0 bridgehead atoms. The van der Waals surface area contributed by atoms with Crippen LogP contribution in [0.2, 0.25) is 0 Å². The highest BCUT2D eigenvalue weighted by atomic mass is 16.5. The molecule has 2 N–H and O–H groups in total. The number of benzene rings is 2. The Bertz CT molecular complexity index is 1350. The van der Waals surface area contributed by atoms with Crippen molar-refractivity contribution in [1.29, 1.82) is 5.26 Å². The van der Waals surface area contributed by atoms with Gasteiger partial charge in [-0.15, -0.1) is 0 Å². The Kier molecular flexibility index (Phi) is 3.64. The predicted molar refractivity (Wildman–Crippen MR) is 108 cm³/mol. The van der Waals surface area contributed by atoms with E-state index in [1.165, 1.54) is 31.2 Å². The van der Waals surface area contributed by atoms with Crippen LogP contribution in [-0.4, -0.2) is 31.6 Å². The highest BCUT2D eigenvalue weighted by Crippen LogP contribution is 2.56. The molecular formula is C23H15N3O5. The fourth-order valence-corrected chi connectivity index (χ4v) is 4.59. The van der Waals surface area contributed by atoms with E-state index in [1.807, 2.05) is 6.07 Å². The molecule has 0 saturated carbocycles. The summed E-state index contributed by atoms with van der Waals surface area (Å²) in [4.78, 5) is 42.0. The van der Waals surface area contributed by atoms with Gasteiger partial charge in [0.1, 0.15) is 22.8 Å². The number of ether oxygens (including phenoxy) is 2. The van der Waals surface area contributed by atoms with Crippen LogP contribution >= 0.6 is 0 Å². The van der Waals surface area contributed by atoms with Gasteiger partial charge in [-0.25, -0.2) is 0 Å². The molecule has 152 valence electrons. The van der Waals surface area contributed by atoms with Gasteiger partial charge in [0.05, 0.1) is 12.7 Å². The third kappa shape index (κ3) is 2.04. The second-order valence-electron chi connectivity index (χ2n) is 7.36. The van der Waals surface area contributed by atoms with E-state index < -0.39 is 22.9 Å². The first kappa shape index (κ1) is 18.6. The largest absolute Gasteiger partial charge is 0.497 e. The highest BCUT2D eigenvalue weighted by molar-refractivity contribution is 6.31. The van der Waals surface area contributed by atoms with Crippen LogP contribution in [-0.2, 0) is 14.9 Å². The van der Waals surface area contributed by atoms with Gasteiger partial charge in [0.15, 0.2) is 11.5 Å². The lowest BCUT2D eigenvalue weighted by Crippen LogP contribution is -2.49. The first-order valence-corrected chi connectivity index (χ1v) is 9.36. The summed E-state index contributed by atoms with van der Waals surface area (Å²) in [5.74, 6) is -2.02. The van der Waals surface area contributed by atoms with Gasteiger partial charge < -0.3 is 20.1 Å². The zero-order valence-corrected chi connectivity index (χ0v) is 16.6. The molecule has 1 amide bonds. The maximum atomic E-state index is 13.8. The van der Waals surface area contributed by atoms with E-state index in [0.29, 0.717) is 17.0 Å². The van der Waals surface area contributed by atoms with Crippen molar-refractivity contribution in [1.82, 2.24) is 0 Å². The molecule has 3 aliphatic rings. The lowest BCUT2D eigenvalue weighted by atomic mass is 9.64. The fraction of sp³-hybridized carbons (Fsp3) is 0.130. The zero-order valence-electron chi connectivity index (χ0n) is 16.6. The Morgan fingerprint density at radius 1 is 1.10 bits per heavy atom. The molecule has 0 fully saturated rings. The number of fused-ring (bicyclic) bond motifs is 4. The summed E-state index contributed by atoms with van der Waals surface area (Å²) in [6.45, 7) is 0. The first-order valence-electron chi connectivity index (χ1n) is 9.36. The predicted octanol–water partition coefficient (Wildman–Crippen LogP) is 1.97. The van der Waals surface area contributed by atoms with Gasteiger partial charge >= 0.3 is 0 Å². The van der Waals surface area contributed by atoms with Crippen LogP contribution in [0.15, 0.2) is 65.3 Å². The fourth-order valence-electron chi connectivity index (χ4n) is 4.59. The van der Waals surface area contributed by atoms with E-state index in [1.54, 1.807) is 30.3 Å². The SMILES string of the molecule is COc1ccc2c(c1)[C@@]1(C(=O)N2C)C(C#N)=C(N)OC2=C1C(=O)c1ccccc1C2=O. The van der Waals surface area contributed by atoms with Gasteiger partial charge in [-0.3, -0.25) is 14.4 Å². The van der Waals surface area contributed by atoms with Gasteiger partial charge in [-0.2, -0.15) is 5.26 Å². The van der Waals surface area contributed by atoms with Crippen molar-refractivity contribution in [3.8, 4) is 11.8 Å². The van der Waals surface area contributed by atoms with Crippen LogP contribution in [0.5, 0.6) is 5.75 Å². The number of carbonyl (C=O) groups is 3. The molecule has 1 spiro atoms. The van der Waals surface area contributed by atoms with Crippen LogP contribution in [0.3, 0.4) is 0 Å². The van der Waals surface area contributed by atoms with Gasteiger partial charge in [0.2, 0.25) is 17.6 Å². The van der Waals surface area contributed by atoms with Gasteiger partial charge in [-0.1, -0.05) is 24.3 Å². The quantitative estimate of drug-likeness (QED) is 0.758. The number of hydrogen-bond acceptors (Lipinski definition) is 7. The number of Topliss-reactive ketones (excluding diaryl/α,β-unsaturated/α-hetero) is 2. The standard InChI is InChI=1S/C23H15N3O5/c1-26-16-8-7-11(30-2)9-14(16)23(22(26)29)15(10-24)21(25)31-20-17(23)18(27)12-5-3-4-6-13(12)19(20)28/h3-9H,25H2,1-2H3/t23-/m1/s1. The summed E-state index contributed by atoms with van der Waals surface area (Å²) in [5.41, 5.74) is 4.78. The van der Waals surface area contributed by atoms with Crippen molar-refractivity contribution in [2.75, 3.05) is 19.1 Å². The number of rotatable bonds is 1. The van der Waals surface area contributed by atoms with Crippen molar-refractivity contribution >= 4 is 23.2 Å². The maximum Gasteiger partial charge on any atom is 0.247 e. The number of likely N-dealkylation sites (N-methyl/N-ethyl adjacent to an activating group) is 1. The molecule has 8 heteroatoms. The number of nitrogens with two attached hydrogens (primary N) is 1. The van der Waals surface area contributed by atoms with E-state index in [4.69, 9.17) is 15.2 Å². The molecule has 2 aromatic rings. The molecular weight excluding hydrogens is 398 g/mol. The molecule has 5 rings (SSSR count). The molecule has 0 unspecified atom stereocenters. The van der Waals surface area contributed by atoms with Crippen molar-refractivity contribution in [3.63, 3.8) is 0 Å². The molecule has 31 heavy (non-hydrogen) atoms. The van der Waals surface area contributed by atoms with E-state index in [2.05, 4.69) is 0 Å². The van der Waals surface area contributed by atoms with Gasteiger partial charge in [0.25, 0.3) is 0 Å². The minimum atomic E-state index is -1.91. The molecule has 8 nitrogen and oxygen atoms in total. The lowest BCUT2D eigenvalue weighted by molar-refractivity contribution is -0.120. The minimum absolute atomic E-state index is 0.138. The van der Waals surface area contributed by atoms with E-state index in [-0.39, 0.29) is 33.9 Å². The van der Waals surface area contributed by atoms with Crippen molar-refractivity contribution in [3.05, 3.63) is 81.9 Å². The Labute approximate surface area is 176 Å². The van der Waals surface area contributed by atoms with E-state index in [9.17, 15) is 19.6 Å². The number of ketones is 2. The minimum Gasteiger partial charge on any atom is -0.497 e. The molecule has 2 aliphatic heterocycles. The summed E-state index contributed by atoms with van der Waals surface area (Å²) < 4.78 is 10.8. The number of amides is 1. The second kappa shape index (κ2) is 6.06. The zero-order chi connectivity index (χ0) is 22.1. The Balaban J connectivity index is 1.93. The number of carbonyl (C=O) groups excluding carboxylic acids is 3. The summed E-state index contributed by atoms with van der Waals surface area (Å²) in [6.07, 6.45) is 0. The molecule has 1 atom stereocenters. The average molecular weight is 413 g/mol. The van der Waals surface area contributed by atoms with Crippen LogP contribution in [0.1, 0.15) is 26.3 Å². The Morgan fingerprint density at radius 3 is 2.42 bits per heavy atom. The van der Waals surface area contributed by atoms with Crippen LogP contribution in [0.4, 0.5) is 5.69 Å². The number of anilines is 1. The number of allylic oxidation sites excluding steroid dienone is 1. The Hall–Kier alpha value is -4.38. The van der Waals surface area contributed by atoms with Gasteiger partial charge in [-0.05, 0) is 18.2 Å². The maximum absolute atomic E-state index is 13.8. The third-order valence-electron chi connectivity index (χ3n) is 5.99. The number of nitrogens with zero attached hydrogens (tertiary/aromatic N) is 2. The number of nitriles is 1. The van der Waals surface area contributed by atoms with E-state index >= 15 is 0 Å². The number of methoxy groups -OCH3 is 1. The highest BCUT2D eigenvalue weighted by Gasteiger charge is 2.63. The van der Waals surface area contributed by atoms with Gasteiger partial charge in [0, 0.05) is 29.4 Å². The van der Waals surface area contributed by atoms with Crippen LogP contribution in [0.25, 0.3) is 0 Å². The van der Waals surface area contributed by atoms with E-state index in [0.717, 1.165) is 0 Å². The first-order chi connectivity index (χ1) is 14.9. The summed E-state index contributed by atoms with van der Waals surface area (Å²) >= 11 is 0. The van der Waals surface area contributed by atoms with Crippen molar-refractivity contribution < 1.29 is 23.9 Å². The molecule has 0 aromatic heterocycles. The molecule has 0 radical (unpaired) electrons. The second-order valence-corrected chi connectivity index (χ2v) is 7.36. The smallest absolute Gasteiger partial charge is 0.247 e. The van der Waals surface area contributed by atoms with Crippen LogP contribution in [0, 0.1) is 11.3 Å². The normalized spacial score (nSPS) is 21.6. The third-order valence-corrected chi connectivity index (χ3v) is 5.99. The monoisotopic (exact) mass is 413 g/mol. The number of hydrogen-bond donors (Lipinski definition) is 1. The molecule has 2 aromatic carbocycles. The lowest BCUT2D eigenvalue weighted by Gasteiger charge is -2.37.